The van der Waals surface area contributed by atoms with Gasteiger partial charge in [0, 0.05) is 29.0 Å². The van der Waals surface area contributed by atoms with E-state index >= 15 is 0 Å². The summed E-state index contributed by atoms with van der Waals surface area (Å²) < 4.78 is 12.8. The van der Waals surface area contributed by atoms with Crippen molar-refractivity contribution < 1.29 is 14.3 Å². The van der Waals surface area contributed by atoms with E-state index in [4.69, 9.17) is 43.4 Å². The van der Waals surface area contributed by atoms with Gasteiger partial charge in [-0.3, -0.25) is 0 Å². The van der Waals surface area contributed by atoms with Crippen LogP contribution in [0.15, 0.2) is 121 Å². The SMILES string of the molecule is COC(=O)c1ccc(Cn2cc(-c3ccc(Cl)cc3Cl)nc2/C=C/c2ccc(-c3ccc(Oc4ccc(N)cc4)cc3)cc2)cc1. The molecule has 0 aliphatic heterocycles. The number of esters is 1. The zero-order valence-corrected chi connectivity index (χ0v) is 26.4. The van der Waals surface area contributed by atoms with E-state index < -0.39 is 0 Å². The molecule has 0 atom stereocenters. The second kappa shape index (κ2) is 13.8. The molecule has 6 rings (SSSR count). The summed E-state index contributed by atoms with van der Waals surface area (Å²) in [5.74, 6) is 1.86. The number of hydrogen-bond donors (Lipinski definition) is 1. The summed E-state index contributed by atoms with van der Waals surface area (Å²) in [5, 5.41) is 1.08. The van der Waals surface area contributed by atoms with E-state index in [9.17, 15) is 4.79 Å². The molecule has 6 aromatic rings. The summed E-state index contributed by atoms with van der Waals surface area (Å²) in [4.78, 5) is 16.8. The van der Waals surface area contributed by atoms with Gasteiger partial charge in [0.1, 0.15) is 17.3 Å². The molecule has 0 radical (unpaired) electrons. The maximum Gasteiger partial charge on any atom is 0.337 e. The van der Waals surface area contributed by atoms with Crippen LogP contribution in [0.2, 0.25) is 10.0 Å². The molecule has 0 aliphatic carbocycles. The lowest BCUT2D eigenvalue weighted by Gasteiger charge is -2.08. The first-order chi connectivity index (χ1) is 22.3. The number of nitrogen functional groups attached to an aromatic ring is 1. The molecule has 0 bridgehead atoms. The van der Waals surface area contributed by atoms with Crippen molar-refractivity contribution in [3.8, 4) is 33.9 Å². The highest BCUT2D eigenvalue weighted by atomic mass is 35.5. The summed E-state index contributed by atoms with van der Waals surface area (Å²) in [6.07, 6.45) is 5.97. The number of imidazole rings is 1. The fourth-order valence-electron chi connectivity index (χ4n) is 4.92. The normalized spacial score (nSPS) is 11.1. The van der Waals surface area contributed by atoms with E-state index in [2.05, 4.69) is 24.3 Å². The molecule has 0 amide bonds. The predicted octanol–water partition coefficient (Wildman–Crippen LogP) is 9.90. The average Bonchev–Trinajstić information content (AvgIpc) is 3.47. The molecule has 1 aromatic heterocycles. The quantitative estimate of drug-likeness (QED) is 0.125. The molecule has 6 nitrogen and oxygen atoms in total. The highest BCUT2D eigenvalue weighted by Crippen LogP contribution is 2.31. The van der Waals surface area contributed by atoms with Gasteiger partial charge in [-0.1, -0.05) is 77.8 Å². The number of halogens is 2. The van der Waals surface area contributed by atoms with Gasteiger partial charge in [-0.15, -0.1) is 0 Å². The number of carbonyl (C=O) groups excluding carboxylic acids is 1. The molecular formula is C38H29Cl2N3O3. The van der Waals surface area contributed by atoms with Crippen LogP contribution in [0.1, 0.15) is 27.3 Å². The van der Waals surface area contributed by atoms with Crippen LogP contribution in [0.25, 0.3) is 34.5 Å². The first kappa shape index (κ1) is 30.7. The Morgan fingerprint density at radius 3 is 2.07 bits per heavy atom. The van der Waals surface area contributed by atoms with Gasteiger partial charge < -0.3 is 19.8 Å². The van der Waals surface area contributed by atoms with Crippen molar-refractivity contribution in [3.05, 3.63) is 154 Å². The minimum atomic E-state index is -0.371. The largest absolute Gasteiger partial charge is 0.465 e. The van der Waals surface area contributed by atoms with Crippen molar-refractivity contribution in [3.63, 3.8) is 0 Å². The third-order valence-corrected chi connectivity index (χ3v) is 7.93. The van der Waals surface area contributed by atoms with Gasteiger partial charge >= 0.3 is 5.97 Å². The number of anilines is 1. The minimum absolute atomic E-state index is 0.371. The van der Waals surface area contributed by atoms with Gasteiger partial charge in [-0.05, 0) is 95.1 Å². The fraction of sp³-hybridized carbons (Fsp3) is 0.0526. The van der Waals surface area contributed by atoms with Crippen LogP contribution in [0.3, 0.4) is 0 Å². The number of nitrogens with two attached hydrogens (primary N) is 1. The lowest BCUT2D eigenvalue weighted by Crippen LogP contribution is -2.03. The third kappa shape index (κ3) is 7.32. The van der Waals surface area contributed by atoms with Crippen LogP contribution >= 0.6 is 23.2 Å². The van der Waals surface area contributed by atoms with Gasteiger partial charge in [0.05, 0.1) is 23.4 Å². The zero-order valence-electron chi connectivity index (χ0n) is 24.9. The number of carbonyl (C=O) groups is 1. The Balaban J connectivity index is 1.21. The van der Waals surface area contributed by atoms with Gasteiger partial charge in [-0.2, -0.15) is 0 Å². The van der Waals surface area contributed by atoms with Crippen molar-refractivity contribution in [2.75, 3.05) is 12.8 Å². The molecule has 0 spiro atoms. The number of nitrogens with zero attached hydrogens (tertiary/aromatic N) is 2. The van der Waals surface area contributed by atoms with Gasteiger partial charge in [0.25, 0.3) is 0 Å². The zero-order chi connectivity index (χ0) is 32.0. The van der Waals surface area contributed by atoms with E-state index in [0.717, 1.165) is 50.8 Å². The summed E-state index contributed by atoms with van der Waals surface area (Å²) in [7, 11) is 1.37. The third-order valence-electron chi connectivity index (χ3n) is 7.38. The molecule has 2 N–H and O–H groups in total. The molecule has 0 saturated carbocycles. The van der Waals surface area contributed by atoms with Crippen LogP contribution in [0, 0.1) is 0 Å². The van der Waals surface area contributed by atoms with E-state index in [1.54, 1.807) is 24.3 Å². The maximum atomic E-state index is 11.9. The average molecular weight is 647 g/mol. The van der Waals surface area contributed by atoms with Gasteiger partial charge in [0.15, 0.2) is 0 Å². The smallest absolute Gasteiger partial charge is 0.337 e. The van der Waals surface area contributed by atoms with Crippen molar-refractivity contribution in [2.45, 2.75) is 6.54 Å². The fourth-order valence-corrected chi connectivity index (χ4v) is 5.43. The molecule has 8 heteroatoms. The van der Waals surface area contributed by atoms with Gasteiger partial charge in [-0.25, -0.2) is 9.78 Å². The van der Waals surface area contributed by atoms with Gasteiger partial charge in [0.2, 0.25) is 0 Å². The molecule has 0 unspecified atom stereocenters. The summed E-state index contributed by atoms with van der Waals surface area (Å²) in [5.41, 5.74) is 12.7. The van der Waals surface area contributed by atoms with Crippen molar-refractivity contribution in [2.24, 2.45) is 0 Å². The van der Waals surface area contributed by atoms with Crippen LogP contribution in [-0.2, 0) is 11.3 Å². The molecule has 0 aliphatic rings. The molecule has 46 heavy (non-hydrogen) atoms. The lowest BCUT2D eigenvalue weighted by atomic mass is 10.0. The molecular weight excluding hydrogens is 617 g/mol. The van der Waals surface area contributed by atoms with Crippen molar-refractivity contribution in [1.82, 2.24) is 9.55 Å². The number of ether oxygens (including phenoxy) is 2. The second-order valence-corrected chi connectivity index (χ2v) is 11.4. The monoisotopic (exact) mass is 645 g/mol. The number of hydrogen-bond acceptors (Lipinski definition) is 5. The summed E-state index contributed by atoms with van der Waals surface area (Å²) >= 11 is 12.7. The topological polar surface area (TPSA) is 79.4 Å². The van der Waals surface area contributed by atoms with Crippen molar-refractivity contribution >= 4 is 47.0 Å². The Morgan fingerprint density at radius 1 is 0.804 bits per heavy atom. The Labute approximate surface area is 277 Å². The Bertz CT molecular complexity index is 2000. The number of aromatic nitrogens is 2. The van der Waals surface area contributed by atoms with E-state index in [-0.39, 0.29) is 5.97 Å². The van der Waals surface area contributed by atoms with Crippen LogP contribution < -0.4 is 10.5 Å². The number of benzene rings is 5. The summed E-state index contributed by atoms with van der Waals surface area (Å²) in [6, 6.07) is 36.3. The minimum Gasteiger partial charge on any atom is -0.465 e. The second-order valence-electron chi connectivity index (χ2n) is 10.6. The lowest BCUT2D eigenvalue weighted by molar-refractivity contribution is 0.0600. The molecule has 0 saturated heterocycles. The highest BCUT2D eigenvalue weighted by Gasteiger charge is 2.13. The maximum absolute atomic E-state index is 11.9. The van der Waals surface area contributed by atoms with E-state index in [1.165, 1.54) is 7.11 Å². The van der Waals surface area contributed by atoms with E-state index in [1.807, 2.05) is 89.6 Å². The molecule has 0 fully saturated rings. The van der Waals surface area contributed by atoms with E-state index in [0.29, 0.717) is 27.8 Å². The number of methoxy groups -OCH3 is 1. The Hall–Kier alpha value is -5.30. The molecule has 5 aromatic carbocycles. The number of rotatable bonds is 9. The Morgan fingerprint density at radius 2 is 1.43 bits per heavy atom. The van der Waals surface area contributed by atoms with Crippen molar-refractivity contribution in [1.29, 1.82) is 0 Å². The summed E-state index contributed by atoms with van der Waals surface area (Å²) in [6.45, 7) is 0.538. The molecule has 1 heterocycles. The standard InChI is InChI=1S/C38H29Cl2N3O3/c1-45-38(44)29-9-4-26(5-10-29)23-43-24-36(34-20-13-30(39)22-35(34)40)42-37(43)21-6-25-2-7-27(8-3-25)28-11-16-32(17-12-28)46-33-18-14-31(41)15-19-33/h2-22,24H,23,41H2,1H3/b21-6+. The highest BCUT2D eigenvalue weighted by molar-refractivity contribution is 6.36. The predicted molar refractivity (Wildman–Crippen MR) is 186 cm³/mol. The molecule has 228 valence electrons. The first-order valence-electron chi connectivity index (χ1n) is 14.5. The first-order valence-corrected chi connectivity index (χ1v) is 15.2. The van der Waals surface area contributed by atoms with Crippen LogP contribution in [-0.4, -0.2) is 22.6 Å². The van der Waals surface area contributed by atoms with Crippen LogP contribution in [0.4, 0.5) is 5.69 Å². The Kier molecular flexibility index (Phi) is 9.20. The van der Waals surface area contributed by atoms with Crippen LogP contribution in [0.5, 0.6) is 11.5 Å².